The number of nitrogens with zero attached hydrogens (tertiary/aromatic N) is 4. The van der Waals surface area contributed by atoms with Gasteiger partial charge < -0.3 is 9.32 Å². The number of carbonyl (C=O) groups is 1. The Hall–Kier alpha value is -3.30. The van der Waals surface area contributed by atoms with Crippen LogP contribution in [0.5, 0.6) is 0 Å². The van der Waals surface area contributed by atoms with Crippen LogP contribution in [-0.2, 0) is 13.1 Å². The molecule has 138 valence electrons. The van der Waals surface area contributed by atoms with Crippen LogP contribution in [0.25, 0.3) is 11.5 Å². The molecule has 3 aromatic rings. The van der Waals surface area contributed by atoms with Gasteiger partial charge in [-0.1, -0.05) is 6.07 Å². The van der Waals surface area contributed by atoms with Crippen molar-refractivity contribution in [3.63, 3.8) is 0 Å². The van der Waals surface area contributed by atoms with E-state index in [9.17, 15) is 22.4 Å². The number of hydrogen-bond acceptors (Lipinski definition) is 5. The maximum atomic E-state index is 13.3. The first-order valence-corrected chi connectivity index (χ1v) is 7.76. The number of hydrogen-bond donors (Lipinski definition) is 0. The Balaban J connectivity index is 1.57. The predicted molar refractivity (Wildman–Crippen MR) is 82.4 cm³/mol. The van der Waals surface area contributed by atoms with E-state index in [1.165, 1.54) is 23.2 Å². The molecule has 0 atom stereocenters. The number of rotatable bonds is 4. The minimum Gasteiger partial charge on any atom is -0.415 e. The lowest BCUT2D eigenvalue weighted by Crippen LogP contribution is -2.23. The molecule has 0 radical (unpaired) electrons. The Morgan fingerprint density at radius 2 is 1.96 bits per heavy atom. The van der Waals surface area contributed by atoms with Gasteiger partial charge in [-0.15, -0.1) is 10.2 Å². The molecule has 10 heteroatoms. The van der Waals surface area contributed by atoms with Crippen LogP contribution < -0.4 is 0 Å². The average Bonchev–Trinajstić information content (AvgIpc) is 3.24. The second-order valence-electron chi connectivity index (χ2n) is 5.87. The SMILES string of the molecule is O=C1c2cc(-c3nnc(C(F)F)o3)cnc2CN1Cc1ccc(F)c(F)c1. The summed E-state index contributed by atoms with van der Waals surface area (Å²) in [4.78, 5) is 18.1. The molecule has 2 aromatic heterocycles. The number of amides is 1. The molecule has 4 rings (SSSR count). The lowest BCUT2D eigenvalue weighted by molar-refractivity contribution is 0.0766. The zero-order valence-electron chi connectivity index (χ0n) is 13.5. The number of pyridine rings is 1. The van der Waals surface area contributed by atoms with Crippen LogP contribution >= 0.6 is 0 Å². The van der Waals surface area contributed by atoms with Crippen molar-refractivity contribution in [2.24, 2.45) is 0 Å². The molecule has 1 aliphatic heterocycles. The van der Waals surface area contributed by atoms with Gasteiger partial charge in [0.2, 0.25) is 5.89 Å². The molecule has 0 saturated carbocycles. The quantitative estimate of drug-likeness (QED) is 0.650. The van der Waals surface area contributed by atoms with Crippen molar-refractivity contribution in [3.05, 3.63) is 64.8 Å². The summed E-state index contributed by atoms with van der Waals surface area (Å²) in [7, 11) is 0. The predicted octanol–water partition coefficient (Wildman–Crippen LogP) is 3.50. The first kappa shape index (κ1) is 17.1. The molecule has 0 saturated heterocycles. The highest BCUT2D eigenvalue weighted by Gasteiger charge is 2.30. The highest BCUT2D eigenvalue weighted by Crippen LogP contribution is 2.28. The maximum absolute atomic E-state index is 13.3. The first-order valence-electron chi connectivity index (χ1n) is 7.76. The molecule has 27 heavy (non-hydrogen) atoms. The van der Waals surface area contributed by atoms with Crippen molar-refractivity contribution in [1.29, 1.82) is 0 Å². The van der Waals surface area contributed by atoms with Crippen molar-refractivity contribution in [1.82, 2.24) is 20.1 Å². The van der Waals surface area contributed by atoms with Gasteiger partial charge in [0, 0.05) is 12.7 Å². The molecule has 1 aliphatic rings. The zero-order chi connectivity index (χ0) is 19.1. The Morgan fingerprint density at radius 1 is 1.15 bits per heavy atom. The summed E-state index contributed by atoms with van der Waals surface area (Å²) in [6, 6.07) is 4.83. The van der Waals surface area contributed by atoms with Crippen LogP contribution in [0.2, 0.25) is 0 Å². The third-order valence-electron chi connectivity index (χ3n) is 4.06. The van der Waals surface area contributed by atoms with Gasteiger partial charge in [0.15, 0.2) is 11.6 Å². The van der Waals surface area contributed by atoms with Gasteiger partial charge in [-0.05, 0) is 23.8 Å². The van der Waals surface area contributed by atoms with Gasteiger partial charge in [0.1, 0.15) is 0 Å². The average molecular weight is 378 g/mol. The molecule has 6 nitrogen and oxygen atoms in total. The molecule has 0 spiro atoms. The summed E-state index contributed by atoms with van der Waals surface area (Å²) in [6.45, 7) is 0.247. The monoisotopic (exact) mass is 378 g/mol. The standard InChI is InChI=1S/C17H10F4N4O2/c18-11-2-1-8(3-12(11)19)6-25-7-13-10(17(25)26)4-9(5-22-13)15-23-24-16(27-15)14(20)21/h1-5,14H,6-7H2. The van der Waals surface area contributed by atoms with Crippen LogP contribution in [-0.4, -0.2) is 26.0 Å². The van der Waals surface area contributed by atoms with Crippen LogP contribution in [0.3, 0.4) is 0 Å². The summed E-state index contributed by atoms with van der Waals surface area (Å²) in [5.41, 5.74) is 1.39. The highest BCUT2D eigenvalue weighted by molar-refractivity contribution is 5.98. The van der Waals surface area contributed by atoms with Gasteiger partial charge in [0.25, 0.3) is 11.8 Å². The van der Waals surface area contributed by atoms with Crippen molar-refractivity contribution >= 4 is 5.91 Å². The summed E-state index contributed by atoms with van der Waals surface area (Å²) in [6.07, 6.45) is -1.56. The molecule has 3 heterocycles. The lowest BCUT2D eigenvalue weighted by atomic mass is 10.1. The fraction of sp³-hybridized carbons (Fsp3) is 0.176. The van der Waals surface area contributed by atoms with E-state index in [0.717, 1.165) is 12.1 Å². The molecule has 0 unspecified atom stereocenters. The number of fused-ring (bicyclic) bond motifs is 1. The summed E-state index contributed by atoms with van der Waals surface area (Å²) in [5, 5.41) is 6.76. The van der Waals surface area contributed by atoms with Crippen LogP contribution in [0.4, 0.5) is 17.6 Å². The van der Waals surface area contributed by atoms with E-state index in [-0.39, 0.29) is 36.0 Å². The largest absolute Gasteiger partial charge is 0.415 e. The van der Waals surface area contributed by atoms with Gasteiger partial charge >= 0.3 is 6.43 Å². The van der Waals surface area contributed by atoms with E-state index < -0.39 is 24.0 Å². The topological polar surface area (TPSA) is 72.1 Å². The second kappa shape index (κ2) is 6.45. The molecule has 0 fully saturated rings. The third kappa shape index (κ3) is 3.14. The summed E-state index contributed by atoms with van der Waals surface area (Å²) in [5.74, 6) is -3.34. The van der Waals surface area contributed by atoms with E-state index >= 15 is 0 Å². The van der Waals surface area contributed by atoms with E-state index in [1.54, 1.807) is 0 Å². The summed E-state index contributed by atoms with van der Waals surface area (Å²) >= 11 is 0. The number of alkyl halides is 2. The number of aromatic nitrogens is 3. The Bertz CT molecular complexity index is 1040. The fourth-order valence-electron chi connectivity index (χ4n) is 2.77. The Labute approximate surface area is 149 Å². The third-order valence-corrected chi connectivity index (χ3v) is 4.06. The molecule has 0 aliphatic carbocycles. The van der Waals surface area contributed by atoms with Gasteiger partial charge in [0.05, 0.1) is 23.4 Å². The maximum Gasteiger partial charge on any atom is 0.314 e. The molecular weight excluding hydrogens is 368 g/mol. The Morgan fingerprint density at radius 3 is 2.67 bits per heavy atom. The van der Waals surface area contributed by atoms with E-state index in [2.05, 4.69) is 15.2 Å². The minimum atomic E-state index is -2.90. The zero-order valence-corrected chi connectivity index (χ0v) is 13.5. The number of carbonyl (C=O) groups excluding carboxylic acids is 1. The highest BCUT2D eigenvalue weighted by atomic mass is 19.3. The number of benzene rings is 1. The van der Waals surface area contributed by atoms with Crippen LogP contribution in [0.1, 0.15) is 33.9 Å². The smallest absolute Gasteiger partial charge is 0.314 e. The summed E-state index contributed by atoms with van der Waals surface area (Å²) < 4.78 is 56.4. The normalized spacial score (nSPS) is 13.5. The molecule has 1 amide bonds. The fourth-order valence-corrected chi connectivity index (χ4v) is 2.77. The van der Waals surface area contributed by atoms with Gasteiger partial charge in [-0.3, -0.25) is 9.78 Å². The molecule has 0 N–H and O–H groups in total. The number of halogens is 4. The Kier molecular flexibility index (Phi) is 4.09. The van der Waals surface area contributed by atoms with Crippen molar-refractivity contribution in [3.8, 4) is 11.5 Å². The van der Waals surface area contributed by atoms with Gasteiger partial charge in [-0.2, -0.15) is 8.78 Å². The van der Waals surface area contributed by atoms with Crippen molar-refractivity contribution in [2.45, 2.75) is 19.5 Å². The van der Waals surface area contributed by atoms with E-state index in [1.807, 2.05) is 0 Å². The van der Waals surface area contributed by atoms with Crippen molar-refractivity contribution in [2.75, 3.05) is 0 Å². The van der Waals surface area contributed by atoms with Crippen molar-refractivity contribution < 1.29 is 26.8 Å². The lowest BCUT2D eigenvalue weighted by Gasteiger charge is -2.15. The minimum absolute atomic E-state index is 0.0673. The van der Waals surface area contributed by atoms with Crippen LogP contribution in [0, 0.1) is 11.6 Å². The molecule has 1 aromatic carbocycles. The van der Waals surface area contributed by atoms with E-state index in [0.29, 0.717) is 11.3 Å². The molecule has 0 bridgehead atoms. The van der Waals surface area contributed by atoms with E-state index in [4.69, 9.17) is 4.42 Å². The first-order chi connectivity index (χ1) is 12.9. The van der Waals surface area contributed by atoms with Crippen LogP contribution in [0.15, 0.2) is 34.9 Å². The molecular formula is C17H10F4N4O2. The second-order valence-corrected chi connectivity index (χ2v) is 5.87. The van der Waals surface area contributed by atoms with Gasteiger partial charge in [-0.25, -0.2) is 8.78 Å².